The highest BCUT2D eigenvalue weighted by molar-refractivity contribution is 7.89. The van der Waals surface area contributed by atoms with Crippen LogP contribution in [0, 0.1) is 10.1 Å². The average Bonchev–Trinajstić information content (AvgIpc) is 3.45. The third-order valence-corrected chi connectivity index (χ3v) is 6.51. The van der Waals surface area contributed by atoms with Crippen molar-refractivity contribution in [1.29, 1.82) is 0 Å². The number of esters is 2. The first-order valence-electron chi connectivity index (χ1n) is 8.23. The van der Waals surface area contributed by atoms with Gasteiger partial charge in [0.1, 0.15) is 0 Å². The van der Waals surface area contributed by atoms with Gasteiger partial charge >= 0.3 is 11.9 Å². The number of carbonyl (C=O) groups excluding carboxylic acids is 2. The number of methoxy groups -OCH3 is 2. The molecule has 0 aromatic heterocycles. The lowest BCUT2D eigenvalue weighted by Crippen LogP contribution is -2.42. The summed E-state index contributed by atoms with van der Waals surface area (Å²) in [5.41, 5.74) is -2.15. The maximum atomic E-state index is 13.3. The standard InChI is InChI=1S/C18H16N2O8S/c1-27-16(21)18(17(22)28-2)15(12-6-4-3-5-7-12)19(18)29(25,26)14-10-8-13(9-11-14)20(23)24/h3-11,15H,1-2H3. The van der Waals surface area contributed by atoms with E-state index in [0.29, 0.717) is 9.87 Å². The number of hydrogen-bond acceptors (Lipinski definition) is 8. The highest BCUT2D eigenvalue weighted by Gasteiger charge is 2.80. The van der Waals surface area contributed by atoms with Gasteiger partial charge in [0.2, 0.25) is 10.0 Å². The molecule has 2 atom stereocenters. The first-order chi connectivity index (χ1) is 13.7. The number of non-ortho nitro benzene ring substituents is 1. The quantitative estimate of drug-likeness (QED) is 0.225. The molecule has 152 valence electrons. The molecule has 1 saturated heterocycles. The van der Waals surface area contributed by atoms with Gasteiger partial charge in [0.05, 0.1) is 30.1 Å². The van der Waals surface area contributed by atoms with E-state index in [1.54, 1.807) is 30.3 Å². The van der Waals surface area contributed by atoms with E-state index in [9.17, 15) is 28.1 Å². The molecule has 1 aliphatic heterocycles. The van der Waals surface area contributed by atoms with Crippen LogP contribution in [0.2, 0.25) is 0 Å². The number of benzene rings is 2. The molecule has 10 nitrogen and oxygen atoms in total. The molecule has 0 spiro atoms. The van der Waals surface area contributed by atoms with Gasteiger partial charge in [-0.2, -0.15) is 4.31 Å². The molecule has 2 aromatic carbocycles. The monoisotopic (exact) mass is 420 g/mol. The zero-order valence-corrected chi connectivity index (χ0v) is 16.2. The van der Waals surface area contributed by atoms with E-state index >= 15 is 0 Å². The van der Waals surface area contributed by atoms with Gasteiger partial charge in [0.25, 0.3) is 11.2 Å². The van der Waals surface area contributed by atoms with Crippen molar-refractivity contribution in [1.82, 2.24) is 4.31 Å². The van der Waals surface area contributed by atoms with Crippen molar-refractivity contribution in [2.75, 3.05) is 14.2 Å². The van der Waals surface area contributed by atoms with Crippen LogP contribution < -0.4 is 0 Å². The van der Waals surface area contributed by atoms with Crippen molar-refractivity contribution < 1.29 is 32.4 Å². The van der Waals surface area contributed by atoms with Gasteiger partial charge in [0, 0.05) is 12.1 Å². The minimum Gasteiger partial charge on any atom is -0.467 e. The Labute approximate surface area is 165 Å². The number of nitro benzene ring substituents is 1. The van der Waals surface area contributed by atoms with Crippen molar-refractivity contribution in [3.05, 3.63) is 70.3 Å². The molecular weight excluding hydrogens is 404 g/mol. The van der Waals surface area contributed by atoms with E-state index in [1.807, 2.05) is 0 Å². The number of sulfonamides is 1. The third kappa shape index (κ3) is 3.04. The second kappa shape index (κ2) is 7.26. The summed E-state index contributed by atoms with van der Waals surface area (Å²) in [6.45, 7) is 0. The summed E-state index contributed by atoms with van der Waals surface area (Å²) in [5.74, 6) is -2.19. The molecular formula is C18H16N2O8S. The molecule has 0 saturated carbocycles. The molecule has 0 radical (unpaired) electrons. The van der Waals surface area contributed by atoms with Crippen LogP contribution in [-0.2, 0) is 29.1 Å². The lowest BCUT2D eigenvalue weighted by atomic mass is 9.99. The lowest BCUT2D eigenvalue weighted by Gasteiger charge is -2.13. The number of nitrogens with zero attached hydrogens (tertiary/aromatic N) is 2. The van der Waals surface area contributed by atoms with E-state index in [-0.39, 0.29) is 10.6 Å². The van der Waals surface area contributed by atoms with E-state index in [0.717, 1.165) is 38.5 Å². The summed E-state index contributed by atoms with van der Waals surface area (Å²) in [6, 6.07) is 11.0. The van der Waals surface area contributed by atoms with Gasteiger partial charge in [-0.15, -0.1) is 0 Å². The van der Waals surface area contributed by atoms with Gasteiger partial charge in [0.15, 0.2) is 0 Å². The van der Waals surface area contributed by atoms with Crippen LogP contribution in [0.15, 0.2) is 59.5 Å². The van der Waals surface area contributed by atoms with Crippen LogP contribution in [-0.4, -0.2) is 49.3 Å². The Morgan fingerprint density at radius 3 is 1.97 bits per heavy atom. The first kappa shape index (κ1) is 20.4. The Morgan fingerprint density at radius 2 is 1.52 bits per heavy atom. The molecule has 11 heteroatoms. The molecule has 0 amide bonds. The maximum Gasteiger partial charge on any atom is 0.341 e. The Hall–Kier alpha value is -3.31. The largest absolute Gasteiger partial charge is 0.467 e. The first-order valence-corrected chi connectivity index (χ1v) is 9.67. The predicted octanol–water partition coefficient (Wildman–Crippen LogP) is 1.43. The van der Waals surface area contributed by atoms with Crippen molar-refractivity contribution in [2.24, 2.45) is 0 Å². The van der Waals surface area contributed by atoms with Crippen LogP contribution >= 0.6 is 0 Å². The van der Waals surface area contributed by atoms with Gasteiger partial charge < -0.3 is 9.47 Å². The number of hydrogen-bond donors (Lipinski definition) is 0. The van der Waals surface area contributed by atoms with E-state index in [4.69, 9.17) is 9.47 Å². The number of nitro groups is 1. The molecule has 2 unspecified atom stereocenters. The normalized spacial score (nSPS) is 19.8. The minimum atomic E-state index is -4.41. The molecule has 29 heavy (non-hydrogen) atoms. The Morgan fingerprint density at radius 1 is 1.00 bits per heavy atom. The van der Waals surface area contributed by atoms with Crippen LogP contribution in [0.4, 0.5) is 5.69 Å². The molecule has 0 N–H and O–H groups in total. The van der Waals surface area contributed by atoms with Crippen molar-refractivity contribution >= 4 is 27.6 Å². The highest BCUT2D eigenvalue weighted by atomic mass is 32.2. The number of carbonyl (C=O) groups is 2. The van der Waals surface area contributed by atoms with E-state index in [1.165, 1.54) is 0 Å². The van der Waals surface area contributed by atoms with Crippen LogP contribution in [0.25, 0.3) is 0 Å². The molecule has 0 bridgehead atoms. The maximum absolute atomic E-state index is 13.3. The zero-order chi connectivity index (χ0) is 21.4. The molecule has 1 fully saturated rings. The number of rotatable bonds is 6. The summed E-state index contributed by atoms with van der Waals surface area (Å²) in [4.78, 5) is 35.0. The van der Waals surface area contributed by atoms with Crippen molar-refractivity contribution in [3.63, 3.8) is 0 Å². The Bertz CT molecular complexity index is 1050. The summed E-state index contributed by atoms with van der Waals surface area (Å²) in [6.07, 6.45) is 0. The molecule has 3 rings (SSSR count). The SMILES string of the molecule is COC(=O)C1(C(=O)OC)C(c2ccccc2)N1S(=O)(=O)c1ccc([N+](=O)[O-])cc1. The minimum absolute atomic E-state index is 0.304. The van der Waals surface area contributed by atoms with E-state index in [2.05, 4.69) is 0 Å². The van der Waals surface area contributed by atoms with Crippen LogP contribution in [0.5, 0.6) is 0 Å². The smallest absolute Gasteiger partial charge is 0.341 e. The van der Waals surface area contributed by atoms with Gasteiger partial charge in [-0.3, -0.25) is 10.1 Å². The Balaban J connectivity index is 2.16. The fourth-order valence-electron chi connectivity index (χ4n) is 3.26. The Kier molecular flexibility index (Phi) is 5.11. The lowest BCUT2D eigenvalue weighted by molar-refractivity contribution is -0.384. The fourth-order valence-corrected chi connectivity index (χ4v) is 5.10. The molecule has 2 aromatic rings. The highest BCUT2D eigenvalue weighted by Crippen LogP contribution is 2.58. The number of ether oxygens (including phenoxy) is 2. The van der Waals surface area contributed by atoms with Gasteiger partial charge in [-0.1, -0.05) is 30.3 Å². The van der Waals surface area contributed by atoms with Gasteiger partial charge in [-0.25, -0.2) is 18.0 Å². The second-order valence-electron chi connectivity index (χ2n) is 6.11. The topological polar surface area (TPSA) is 133 Å². The summed E-state index contributed by atoms with van der Waals surface area (Å²) >= 11 is 0. The van der Waals surface area contributed by atoms with Crippen LogP contribution in [0.1, 0.15) is 11.6 Å². The third-order valence-electron chi connectivity index (χ3n) is 4.62. The molecule has 0 aliphatic carbocycles. The van der Waals surface area contributed by atoms with Crippen LogP contribution in [0.3, 0.4) is 0 Å². The average molecular weight is 420 g/mol. The molecule has 1 heterocycles. The van der Waals surface area contributed by atoms with Gasteiger partial charge in [-0.05, 0) is 17.7 Å². The van der Waals surface area contributed by atoms with Crippen molar-refractivity contribution in [3.8, 4) is 0 Å². The second-order valence-corrected chi connectivity index (χ2v) is 7.93. The van der Waals surface area contributed by atoms with E-state index < -0.39 is 38.5 Å². The summed E-state index contributed by atoms with van der Waals surface area (Å²) in [5, 5.41) is 10.8. The predicted molar refractivity (Wildman–Crippen MR) is 98.1 cm³/mol. The summed E-state index contributed by atoms with van der Waals surface area (Å²) < 4.78 is 36.7. The molecule has 1 aliphatic rings. The zero-order valence-electron chi connectivity index (χ0n) is 15.3. The van der Waals surface area contributed by atoms with Crippen molar-refractivity contribution in [2.45, 2.75) is 16.5 Å². The summed E-state index contributed by atoms with van der Waals surface area (Å²) in [7, 11) is -2.35. The fraction of sp³-hybridized carbons (Fsp3) is 0.222.